The van der Waals surface area contributed by atoms with Crippen molar-refractivity contribution in [2.45, 2.75) is 30.0 Å². The summed E-state index contributed by atoms with van der Waals surface area (Å²) in [6.45, 7) is 0. The first kappa shape index (κ1) is 14.4. The topological polar surface area (TPSA) is 0 Å². The Morgan fingerprint density at radius 3 is 2.70 bits per heavy atom. The Morgan fingerprint density at radius 2 is 1.90 bits per heavy atom. The van der Waals surface area contributed by atoms with E-state index in [1.807, 2.05) is 18.2 Å². The molecule has 104 valence electrons. The number of fused-ring (bicyclic) bond motifs is 1. The minimum absolute atomic E-state index is 0.230. The molecule has 0 fully saturated rings. The maximum atomic E-state index is 6.36. The average Bonchev–Trinajstić information content (AvgIpc) is 2.46. The van der Waals surface area contributed by atoms with Crippen LogP contribution < -0.4 is 0 Å². The lowest BCUT2D eigenvalue weighted by Gasteiger charge is -2.30. The second-order valence-electron chi connectivity index (χ2n) is 5.27. The van der Waals surface area contributed by atoms with Gasteiger partial charge >= 0.3 is 0 Å². The van der Waals surface area contributed by atoms with E-state index in [4.69, 9.17) is 23.2 Å². The van der Waals surface area contributed by atoms with E-state index in [1.165, 1.54) is 30.4 Å². The molecule has 0 aromatic heterocycles. The third-order valence-electron chi connectivity index (χ3n) is 4.03. The Labute approximate surface area is 138 Å². The first-order chi connectivity index (χ1) is 9.66. The monoisotopic (exact) mass is 368 g/mol. The molecular weight excluding hydrogens is 355 g/mol. The molecule has 3 heteroatoms. The lowest BCUT2D eigenvalue weighted by molar-refractivity contribution is 0.547. The van der Waals surface area contributed by atoms with E-state index < -0.39 is 0 Å². The van der Waals surface area contributed by atoms with Gasteiger partial charge in [0.05, 0.1) is 0 Å². The van der Waals surface area contributed by atoms with Gasteiger partial charge in [-0.2, -0.15) is 0 Å². The molecule has 0 aliphatic heterocycles. The van der Waals surface area contributed by atoms with E-state index >= 15 is 0 Å². The quantitative estimate of drug-likeness (QED) is 0.526. The zero-order chi connectivity index (χ0) is 14.1. The Hall–Kier alpha value is -0.500. The molecule has 0 saturated carbocycles. The number of benzene rings is 2. The highest BCUT2D eigenvalue weighted by molar-refractivity contribution is 9.09. The van der Waals surface area contributed by atoms with Crippen LogP contribution in [0.15, 0.2) is 42.5 Å². The summed E-state index contributed by atoms with van der Waals surface area (Å²) in [5, 5.41) is 1.42. The van der Waals surface area contributed by atoms with Crippen LogP contribution in [0.25, 0.3) is 0 Å². The van der Waals surface area contributed by atoms with Crippen LogP contribution in [0, 0.1) is 0 Å². The molecular formula is C17H15BrCl2. The van der Waals surface area contributed by atoms with Gasteiger partial charge in [0.1, 0.15) is 0 Å². The Balaban J connectivity index is 1.97. The first-order valence-corrected chi connectivity index (χ1v) is 8.51. The molecule has 0 bridgehead atoms. The molecule has 0 radical (unpaired) electrons. The van der Waals surface area contributed by atoms with Crippen molar-refractivity contribution < 1.29 is 0 Å². The molecule has 2 atom stereocenters. The number of rotatable bonds is 2. The van der Waals surface area contributed by atoms with Crippen LogP contribution in [0.4, 0.5) is 0 Å². The molecule has 2 unspecified atom stereocenters. The van der Waals surface area contributed by atoms with Gasteiger partial charge in [0, 0.05) is 20.8 Å². The number of hydrogen-bond donors (Lipinski definition) is 0. The summed E-state index contributed by atoms with van der Waals surface area (Å²) in [5.41, 5.74) is 4.04. The summed E-state index contributed by atoms with van der Waals surface area (Å²) in [5.74, 6) is 0.471. The summed E-state index contributed by atoms with van der Waals surface area (Å²) in [7, 11) is 0. The highest BCUT2D eigenvalue weighted by Crippen LogP contribution is 2.46. The number of hydrogen-bond acceptors (Lipinski definition) is 0. The third kappa shape index (κ3) is 2.77. The molecule has 0 nitrogen and oxygen atoms in total. The van der Waals surface area contributed by atoms with Crippen molar-refractivity contribution in [1.82, 2.24) is 0 Å². The average molecular weight is 370 g/mol. The van der Waals surface area contributed by atoms with E-state index in [2.05, 4.69) is 40.2 Å². The zero-order valence-corrected chi connectivity index (χ0v) is 14.0. The minimum atomic E-state index is 0.230. The van der Waals surface area contributed by atoms with E-state index in [0.717, 1.165) is 10.6 Å². The van der Waals surface area contributed by atoms with Gasteiger partial charge in [-0.3, -0.25) is 0 Å². The maximum Gasteiger partial charge on any atom is 0.0478 e. The van der Waals surface area contributed by atoms with Crippen molar-refractivity contribution in [3.63, 3.8) is 0 Å². The van der Waals surface area contributed by atoms with Crippen LogP contribution in [0.3, 0.4) is 0 Å². The molecule has 0 heterocycles. The Morgan fingerprint density at radius 1 is 1.10 bits per heavy atom. The van der Waals surface area contributed by atoms with Gasteiger partial charge in [-0.15, -0.1) is 0 Å². The minimum Gasteiger partial charge on any atom is -0.0843 e. The van der Waals surface area contributed by atoms with Gasteiger partial charge in [-0.05, 0) is 48.1 Å². The molecule has 1 aliphatic rings. The normalized spacial score (nSPS) is 19.4. The summed E-state index contributed by atoms with van der Waals surface area (Å²) in [4.78, 5) is 0.230. The van der Waals surface area contributed by atoms with Crippen molar-refractivity contribution in [1.29, 1.82) is 0 Å². The number of alkyl halides is 1. The molecule has 2 aromatic rings. The predicted octanol–water partition coefficient (Wildman–Crippen LogP) is 6.55. The SMILES string of the molecule is Clc1ccc(C(Br)C2CCCc3ccccc32)c(Cl)c1. The second kappa shape index (κ2) is 6.09. The van der Waals surface area contributed by atoms with Gasteiger partial charge in [0.25, 0.3) is 0 Å². The molecule has 0 saturated heterocycles. The molecule has 3 rings (SSSR count). The molecule has 0 amide bonds. The highest BCUT2D eigenvalue weighted by Gasteiger charge is 2.28. The van der Waals surface area contributed by atoms with Crippen LogP contribution in [0.2, 0.25) is 10.0 Å². The van der Waals surface area contributed by atoms with Crippen molar-refractivity contribution in [2.24, 2.45) is 0 Å². The highest BCUT2D eigenvalue weighted by atomic mass is 79.9. The van der Waals surface area contributed by atoms with Crippen LogP contribution in [0.1, 0.15) is 40.3 Å². The van der Waals surface area contributed by atoms with Gasteiger partial charge < -0.3 is 0 Å². The van der Waals surface area contributed by atoms with Gasteiger partial charge in [0.15, 0.2) is 0 Å². The summed E-state index contributed by atoms with van der Waals surface area (Å²) in [6.07, 6.45) is 3.60. The van der Waals surface area contributed by atoms with Crippen molar-refractivity contribution in [2.75, 3.05) is 0 Å². The smallest absolute Gasteiger partial charge is 0.0478 e. The first-order valence-electron chi connectivity index (χ1n) is 6.83. The van der Waals surface area contributed by atoms with E-state index in [-0.39, 0.29) is 4.83 Å². The fourth-order valence-electron chi connectivity index (χ4n) is 3.04. The predicted molar refractivity (Wildman–Crippen MR) is 90.3 cm³/mol. The van der Waals surface area contributed by atoms with Gasteiger partial charge in [0.2, 0.25) is 0 Å². The zero-order valence-electron chi connectivity index (χ0n) is 11.0. The van der Waals surface area contributed by atoms with Crippen LogP contribution in [-0.4, -0.2) is 0 Å². The van der Waals surface area contributed by atoms with Crippen LogP contribution in [-0.2, 0) is 6.42 Å². The largest absolute Gasteiger partial charge is 0.0843 e. The Kier molecular flexibility index (Phi) is 4.40. The Bertz CT molecular complexity index is 624. The maximum absolute atomic E-state index is 6.36. The number of aryl methyl sites for hydroxylation is 1. The lowest BCUT2D eigenvalue weighted by Crippen LogP contribution is -2.14. The molecule has 20 heavy (non-hydrogen) atoms. The van der Waals surface area contributed by atoms with E-state index in [9.17, 15) is 0 Å². The summed E-state index contributed by atoms with van der Waals surface area (Å²) in [6, 6.07) is 14.5. The fourth-order valence-corrected chi connectivity index (χ4v) is 4.64. The molecule has 0 N–H and O–H groups in total. The molecule has 2 aromatic carbocycles. The van der Waals surface area contributed by atoms with E-state index in [1.54, 1.807) is 0 Å². The van der Waals surface area contributed by atoms with Crippen LogP contribution >= 0.6 is 39.1 Å². The number of halogens is 3. The summed E-state index contributed by atoms with van der Waals surface area (Å²) >= 11 is 16.2. The second-order valence-corrected chi connectivity index (χ2v) is 7.10. The summed E-state index contributed by atoms with van der Waals surface area (Å²) < 4.78 is 0. The molecule has 0 spiro atoms. The van der Waals surface area contributed by atoms with Crippen LogP contribution in [0.5, 0.6) is 0 Å². The van der Waals surface area contributed by atoms with Crippen molar-refractivity contribution >= 4 is 39.1 Å². The fraction of sp³-hybridized carbons (Fsp3) is 0.294. The standard InChI is InChI=1S/C17H15BrCl2/c18-17(15-9-8-12(19)10-16(15)20)14-7-3-5-11-4-1-2-6-13(11)14/h1-2,4,6,8-10,14,17H,3,5,7H2. The van der Waals surface area contributed by atoms with Gasteiger partial charge in [-0.1, -0.05) is 69.5 Å². The third-order valence-corrected chi connectivity index (χ3v) is 5.72. The lowest BCUT2D eigenvalue weighted by atomic mass is 9.79. The van der Waals surface area contributed by atoms with E-state index in [0.29, 0.717) is 10.9 Å². The molecule has 1 aliphatic carbocycles. The van der Waals surface area contributed by atoms with Crippen molar-refractivity contribution in [3.05, 3.63) is 69.2 Å². The van der Waals surface area contributed by atoms with Crippen molar-refractivity contribution in [3.8, 4) is 0 Å². The van der Waals surface area contributed by atoms with Gasteiger partial charge in [-0.25, -0.2) is 0 Å².